The van der Waals surface area contributed by atoms with Crippen molar-refractivity contribution in [2.45, 2.75) is 6.36 Å². The molecule has 0 bridgehead atoms. The Bertz CT molecular complexity index is 354. The second-order valence-corrected chi connectivity index (χ2v) is 3.64. The highest BCUT2D eigenvalue weighted by molar-refractivity contribution is 9.10. The highest BCUT2D eigenvalue weighted by Crippen LogP contribution is 2.30. The van der Waals surface area contributed by atoms with Crippen LogP contribution >= 0.6 is 15.9 Å². The summed E-state index contributed by atoms with van der Waals surface area (Å²) in [6.07, 6.45) is -4.72. The maximum Gasteiger partial charge on any atom is 0.573 e. The van der Waals surface area contributed by atoms with Crippen molar-refractivity contribution < 1.29 is 27.4 Å². The Hall–Kier alpha value is -0.950. The summed E-state index contributed by atoms with van der Waals surface area (Å²) < 4.78 is 49.6. The molecule has 0 radical (unpaired) electrons. The summed E-state index contributed by atoms with van der Waals surface area (Å²) in [6.45, 7) is -0.0537. The van der Waals surface area contributed by atoms with Crippen LogP contribution in [0.4, 0.5) is 13.2 Å². The Morgan fingerprint density at radius 3 is 2.38 bits per heavy atom. The van der Waals surface area contributed by atoms with Crippen LogP contribution in [0.2, 0.25) is 0 Å². The first-order chi connectivity index (χ1) is 7.40. The number of alkyl halides is 3. The standard InChI is InChI=1S/C9H8BrF3O3/c1-14-5-15-7-2-6(10)3-8(4-7)16-9(11,12)13/h2-4H,5H2,1H3. The van der Waals surface area contributed by atoms with Crippen molar-refractivity contribution in [3.8, 4) is 11.5 Å². The van der Waals surface area contributed by atoms with E-state index < -0.39 is 6.36 Å². The minimum Gasteiger partial charge on any atom is -0.467 e. The van der Waals surface area contributed by atoms with Gasteiger partial charge >= 0.3 is 6.36 Å². The molecule has 0 aliphatic carbocycles. The van der Waals surface area contributed by atoms with Crippen LogP contribution in [0, 0.1) is 0 Å². The summed E-state index contributed by atoms with van der Waals surface area (Å²) in [6, 6.07) is 3.81. The Morgan fingerprint density at radius 2 is 1.81 bits per heavy atom. The first-order valence-corrected chi connectivity index (χ1v) is 4.88. The molecule has 1 rings (SSSR count). The highest BCUT2D eigenvalue weighted by Gasteiger charge is 2.31. The van der Waals surface area contributed by atoms with Crippen LogP contribution in [0.5, 0.6) is 11.5 Å². The van der Waals surface area contributed by atoms with Crippen molar-refractivity contribution in [2.24, 2.45) is 0 Å². The van der Waals surface area contributed by atoms with Crippen LogP contribution in [0.15, 0.2) is 22.7 Å². The SMILES string of the molecule is COCOc1cc(Br)cc(OC(F)(F)F)c1. The molecule has 0 aliphatic heterocycles. The number of halogens is 4. The minimum atomic E-state index is -4.72. The number of benzene rings is 1. The monoisotopic (exact) mass is 300 g/mol. The summed E-state index contributed by atoms with van der Waals surface area (Å²) in [5, 5.41) is 0. The predicted octanol–water partition coefficient (Wildman–Crippen LogP) is 3.33. The van der Waals surface area contributed by atoms with E-state index in [2.05, 4.69) is 25.4 Å². The van der Waals surface area contributed by atoms with Gasteiger partial charge in [0.25, 0.3) is 0 Å². The number of methoxy groups -OCH3 is 1. The van der Waals surface area contributed by atoms with Crippen molar-refractivity contribution >= 4 is 15.9 Å². The zero-order chi connectivity index (χ0) is 12.2. The Kier molecular flexibility index (Phi) is 4.43. The Balaban J connectivity index is 2.81. The van der Waals surface area contributed by atoms with E-state index in [-0.39, 0.29) is 18.3 Å². The minimum absolute atomic E-state index is 0.0537. The summed E-state index contributed by atoms with van der Waals surface area (Å²) in [7, 11) is 1.41. The first-order valence-electron chi connectivity index (χ1n) is 4.09. The molecule has 0 amide bonds. The van der Waals surface area contributed by atoms with E-state index in [1.807, 2.05) is 0 Å². The maximum absolute atomic E-state index is 12.0. The van der Waals surface area contributed by atoms with E-state index in [0.717, 1.165) is 6.07 Å². The van der Waals surface area contributed by atoms with Crippen LogP contribution in [-0.2, 0) is 4.74 Å². The number of rotatable bonds is 4. The molecule has 0 N–H and O–H groups in total. The van der Waals surface area contributed by atoms with Crippen LogP contribution in [0.1, 0.15) is 0 Å². The molecular formula is C9H8BrF3O3. The van der Waals surface area contributed by atoms with Gasteiger partial charge in [0.2, 0.25) is 0 Å². The number of hydrogen-bond donors (Lipinski definition) is 0. The van der Waals surface area contributed by atoms with Gasteiger partial charge in [-0.1, -0.05) is 15.9 Å². The number of ether oxygens (including phenoxy) is 3. The predicted molar refractivity (Wildman–Crippen MR) is 53.3 cm³/mol. The molecule has 0 atom stereocenters. The average Bonchev–Trinajstić information content (AvgIpc) is 2.10. The third-order valence-electron chi connectivity index (χ3n) is 1.42. The molecule has 0 saturated heterocycles. The van der Waals surface area contributed by atoms with Gasteiger partial charge in [0.1, 0.15) is 11.5 Å². The zero-order valence-electron chi connectivity index (χ0n) is 8.18. The van der Waals surface area contributed by atoms with E-state index in [1.165, 1.54) is 19.2 Å². The lowest BCUT2D eigenvalue weighted by molar-refractivity contribution is -0.274. The summed E-state index contributed by atoms with van der Waals surface area (Å²) in [5.74, 6) is -0.136. The van der Waals surface area contributed by atoms with Gasteiger partial charge in [0.05, 0.1) is 0 Å². The van der Waals surface area contributed by atoms with Gasteiger partial charge in [0, 0.05) is 17.6 Å². The number of hydrogen-bond acceptors (Lipinski definition) is 3. The second-order valence-electron chi connectivity index (χ2n) is 2.72. The molecule has 1 aromatic carbocycles. The van der Waals surface area contributed by atoms with E-state index in [4.69, 9.17) is 4.74 Å². The Labute approximate surface area is 98.2 Å². The van der Waals surface area contributed by atoms with Gasteiger partial charge in [-0.2, -0.15) is 0 Å². The second kappa shape index (κ2) is 5.40. The van der Waals surface area contributed by atoms with E-state index in [9.17, 15) is 13.2 Å². The quantitative estimate of drug-likeness (QED) is 0.798. The highest BCUT2D eigenvalue weighted by atomic mass is 79.9. The van der Waals surface area contributed by atoms with Crippen molar-refractivity contribution in [2.75, 3.05) is 13.9 Å². The molecule has 0 aliphatic rings. The van der Waals surface area contributed by atoms with Gasteiger partial charge in [0.15, 0.2) is 6.79 Å². The largest absolute Gasteiger partial charge is 0.573 e. The zero-order valence-corrected chi connectivity index (χ0v) is 9.76. The molecule has 0 aromatic heterocycles. The summed E-state index contributed by atoms with van der Waals surface area (Å²) in [4.78, 5) is 0. The van der Waals surface area contributed by atoms with Gasteiger partial charge < -0.3 is 14.2 Å². The van der Waals surface area contributed by atoms with Crippen molar-refractivity contribution in [1.29, 1.82) is 0 Å². The molecule has 16 heavy (non-hydrogen) atoms. The van der Waals surface area contributed by atoms with Crippen molar-refractivity contribution in [1.82, 2.24) is 0 Å². The normalized spacial score (nSPS) is 11.3. The van der Waals surface area contributed by atoms with Crippen LogP contribution in [-0.4, -0.2) is 20.3 Å². The van der Waals surface area contributed by atoms with Crippen LogP contribution < -0.4 is 9.47 Å². The molecule has 0 fully saturated rings. The lowest BCUT2D eigenvalue weighted by Crippen LogP contribution is -2.17. The average molecular weight is 301 g/mol. The molecule has 7 heteroatoms. The maximum atomic E-state index is 12.0. The van der Waals surface area contributed by atoms with Gasteiger partial charge in [-0.05, 0) is 12.1 Å². The molecular weight excluding hydrogens is 293 g/mol. The van der Waals surface area contributed by atoms with E-state index in [0.29, 0.717) is 4.47 Å². The van der Waals surface area contributed by atoms with Crippen molar-refractivity contribution in [3.05, 3.63) is 22.7 Å². The van der Waals surface area contributed by atoms with Gasteiger partial charge in [-0.25, -0.2) is 0 Å². The molecule has 1 aromatic rings. The van der Waals surface area contributed by atoms with Crippen LogP contribution in [0.3, 0.4) is 0 Å². The fourth-order valence-corrected chi connectivity index (χ4v) is 1.39. The van der Waals surface area contributed by atoms with Gasteiger partial charge in [-0.3, -0.25) is 0 Å². The third kappa shape index (κ3) is 4.71. The van der Waals surface area contributed by atoms with E-state index >= 15 is 0 Å². The van der Waals surface area contributed by atoms with E-state index in [1.54, 1.807) is 0 Å². The lowest BCUT2D eigenvalue weighted by atomic mass is 10.3. The topological polar surface area (TPSA) is 27.7 Å². The lowest BCUT2D eigenvalue weighted by Gasteiger charge is -2.11. The first kappa shape index (κ1) is 13.1. The third-order valence-corrected chi connectivity index (χ3v) is 1.88. The molecule has 90 valence electrons. The summed E-state index contributed by atoms with van der Waals surface area (Å²) >= 11 is 3.04. The fourth-order valence-electron chi connectivity index (χ4n) is 0.940. The fraction of sp³-hybridized carbons (Fsp3) is 0.333. The van der Waals surface area contributed by atoms with Crippen molar-refractivity contribution in [3.63, 3.8) is 0 Å². The smallest absolute Gasteiger partial charge is 0.467 e. The molecule has 0 saturated carbocycles. The molecule has 0 spiro atoms. The molecule has 0 heterocycles. The molecule has 0 unspecified atom stereocenters. The Morgan fingerprint density at radius 1 is 1.19 bits per heavy atom. The van der Waals surface area contributed by atoms with Gasteiger partial charge in [-0.15, -0.1) is 13.2 Å². The molecule has 3 nitrogen and oxygen atoms in total. The summed E-state index contributed by atoms with van der Waals surface area (Å²) in [5.41, 5.74) is 0. The van der Waals surface area contributed by atoms with Crippen LogP contribution in [0.25, 0.3) is 0 Å².